The summed E-state index contributed by atoms with van der Waals surface area (Å²) in [7, 11) is 6.04. The maximum atomic E-state index is 13.7. The second kappa shape index (κ2) is 25.0. The zero-order valence-corrected chi connectivity index (χ0v) is 32.4. The molecule has 6 atom stereocenters. The van der Waals surface area contributed by atoms with Crippen molar-refractivity contribution in [3.05, 3.63) is 54.5 Å². The first-order valence-electron chi connectivity index (χ1n) is 17.9. The van der Waals surface area contributed by atoms with Crippen LogP contribution in [0.1, 0.15) is 72.3 Å². The van der Waals surface area contributed by atoms with Crippen LogP contribution in [0.2, 0.25) is 0 Å². The molecule has 1 aromatic carbocycles. The highest BCUT2D eigenvalue weighted by atomic mass is 16.5. The number of hydrogen-bond donors (Lipinski definition) is 2. The third-order valence-corrected chi connectivity index (χ3v) is 8.86. The summed E-state index contributed by atoms with van der Waals surface area (Å²) in [6, 6.07) is 9.59. The van der Waals surface area contributed by atoms with Crippen molar-refractivity contribution in [2.24, 2.45) is 11.8 Å². The van der Waals surface area contributed by atoms with Crippen molar-refractivity contribution in [1.29, 1.82) is 0 Å². The molecule has 3 amide bonds. The molecule has 0 saturated carbocycles. The van der Waals surface area contributed by atoms with E-state index in [1.54, 1.807) is 49.5 Å². The van der Waals surface area contributed by atoms with Crippen LogP contribution in [0.15, 0.2) is 48.9 Å². The molecule has 0 spiro atoms. The van der Waals surface area contributed by atoms with Crippen molar-refractivity contribution < 1.29 is 33.4 Å². The summed E-state index contributed by atoms with van der Waals surface area (Å²) in [6.45, 7) is 12.4. The third kappa shape index (κ3) is 15.4. The number of aryl methyl sites for hydroxylation is 1. The number of carbonyl (C=O) groups is 4. The Bertz CT molecular complexity index is 1290. The SMILES string of the molecule is CCC.CCC(C)C(C(CC(=O)N1CCCC1C(OC)C(C)C(=O)NCC(=O)OC)OC)N(C)C(=O)CNc1cnccn1.Cc1ccccc1. The molecular weight excluding hydrogens is 652 g/mol. The summed E-state index contributed by atoms with van der Waals surface area (Å²) < 4.78 is 16.2. The van der Waals surface area contributed by atoms with E-state index in [-0.39, 0.29) is 55.2 Å². The fourth-order valence-corrected chi connectivity index (χ4v) is 5.93. The van der Waals surface area contributed by atoms with E-state index in [2.05, 4.69) is 58.2 Å². The van der Waals surface area contributed by atoms with Gasteiger partial charge in [0, 0.05) is 40.2 Å². The Labute approximate surface area is 305 Å². The molecule has 3 rings (SSSR count). The monoisotopic (exact) mass is 714 g/mol. The van der Waals surface area contributed by atoms with Crippen LogP contribution in [0.3, 0.4) is 0 Å². The van der Waals surface area contributed by atoms with E-state index >= 15 is 0 Å². The van der Waals surface area contributed by atoms with Crippen LogP contribution in [0.4, 0.5) is 5.82 Å². The molecule has 1 aliphatic heterocycles. The van der Waals surface area contributed by atoms with E-state index in [9.17, 15) is 19.2 Å². The minimum atomic E-state index is -0.611. The van der Waals surface area contributed by atoms with Gasteiger partial charge in [-0.15, -0.1) is 0 Å². The first kappa shape index (κ1) is 44.9. The summed E-state index contributed by atoms with van der Waals surface area (Å²) in [4.78, 5) is 62.6. The molecule has 1 fully saturated rings. The number of nitrogens with zero attached hydrogens (tertiary/aromatic N) is 4. The van der Waals surface area contributed by atoms with Gasteiger partial charge in [-0.3, -0.25) is 24.2 Å². The highest BCUT2D eigenvalue weighted by molar-refractivity contribution is 5.84. The number of methoxy groups -OCH3 is 3. The summed E-state index contributed by atoms with van der Waals surface area (Å²) in [6.07, 6.45) is 7.07. The predicted molar refractivity (Wildman–Crippen MR) is 199 cm³/mol. The van der Waals surface area contributed by atoms with E-state index in [4.69, 9.17) is 9.47 Å². The van der Waals surface area contributed by atoms with Gasteiger partial charge in [0.15, 0.2) is 0 Å². The normalized spacial score (nSPS) is 16.4. The number of rotatable bonds is 16. The molecule has 13 nitrogen and oxygen atoms in total. The summed E-state index contributed by atoms with van der Waals surface area (Å²) >= 11 is 0. The zero-order valence-electron chi connectivity index (χ0n) is 32.4. The van der Waals surface area contributed by atoms with E-state index < -0.39 is 24.1 Å². The second-order valence-electron chi connectivity index (χ2n) is 12.7. The van der Waals surface area contributed by atoms with Crippen LogP contribution in [0.5, 0.6) is 0 Å². The molecule has 51 heavy (non-hydrogen) atoms. The van der Waals surface area contributed by atoms with Gasteiger partial charge in [-0.2, -0.15) is 0 Å². The molecule has 0 aliphatic carbocycles. The van der Waals surface area contributed by atoms with Gasteiger partial charge in [-0.25, -0.2) is 4.98 Å². The Morgan fingerprint density at radius 1 is 1.00 bits per heavy atom. The van der Waals surface area contributed by atoms with Crippen LogP contribution in [-0.2, 0) is 33.4 Å². The Hall–Kier alpha value is -4.10. The standard InChI is InChI=1S/C28H46N6O7.C7H8.C3H8/c1-8-18(2)26(33(4)24(36)16-31-22-15-29-11-12-30-22)21(39-5)14-23(35)34-13-9-10-20(34)27(41-7)19(3)28(38)32-17-25(37)40-6;1-7-5-3-2-4-6-7;1-3-2/h11-12,15,18-21,26-27H,8-10,13-14,16-17H2,1-7H3,(H,30,31)(H,32,38);2-6H,1H3;3H2,1-2H3. The van der Waals surface area contributed by atoms with Crippen molar-refractivity contribution in [1.82, 2.24) is 25.1 Å². The lowest BCUT2D eigenvalue weighted by Gasteiger charge is -2.39. The number of ether oxygens (including phenoxy) is 3. The minimum absolute atomic E-state index is 0.0200. The maximum Gasteiger partial charge on any atom is 0.325 e. The second-order valence-corrected chi connectivity index (χ2v) is 12.7. The average Bonchev–Trinajstić information content (AvgIpc) is 3.63. The molecule has 6 unspecified atom stereocenters. The first-order chi connectivity index (χ1) is 24.4. The fraction of sp³-hybridized carbons (Fsp3) is 0.632. The van der Waals surface area contributed by atoms with Crippen LogP contribution in [0, 0.1) is 18.8 Å². The van der Waals surface area contributed by atoms with E-state index in [0.29, 0.717) is 18.8 Å². The quantitative estimate of drug-likeness (QED) is 0.238. The fourth-order valence-electron chi connectivity index (χ4n) is 5.93. The topological polar surface area (TPSA) is 152 Å². The molecule has 1 saturated heterocycles. The number of benzene rings is 1. The van der Waals surface area contributed by atoms with Crippen LogP contribution in [-0.4, -0.2) is 116 Å². The van der Waals surface area contributed by atoms with Gasteiger partial charge >= 0.3 is 5.97 Å². The molecule has 2 heterocycles. The van der Waals surface area contributed by atoms with Gasteiger partial charge in [0.05, 0.1) is 56.5 Å². The van der Waals surface area contributed by atoms with E-state index in [1.165, 1.54) is 26.2 Å². The van der Waals surface area contributed by atoms with Gasteiger partial charge in [-0.1, -0.05) is 83.4 Å². The molecule has 1 aromatic heterocycles. The highest BCUT2D eigenvalue weighted by Gasteiger charge is 2.42. The number of likely N-dealkylation sites (N-methyl/N-ethyl adjacent to an activating group) is 1. The Morgan fingerprint density at radius 3 is 2.18 bits per heavy atom. The number of amides is 3. The lowest BCUT2D eigenvalue weighted by Crippen LogP contribution is -2.54. The molecule has 1 aliphatic rings. The van der Waals surface area contributed by atoms with Gasteiger partial charge < -0.3 is 34.6 Å². The predicted octanol–water partition coefficient (Wildman–Crippen LogP) is 4.51. The summed E-state index contributed by atoms with van der Waals surface area (Å²) in [5.41, 5.74) is 1.32. The van der Waals surface area contributed by atoms with Crippen LogP contribution in [0.25, 0.3) is 0 Å². The lowest BCUT2D eigenvalue weighted by molar-refractivity contribution is -0.146. The van der Waals surface area contributed by atoms with Crippen molar-refractivity contribution in [3.8, 4) is 0 Å². The Kier molecular flexibility index (Phi) is 22.0. The first-order valence-corrected chi connectivity index (χ1v) is 17.9. The van der Waals surface area contributed by atoms with Crippen molar-refractivity contribution in [2.45, 2.75) is 97.9 Å². The van der Waals surface area contributed by atoms with Crippen molar-refractivity contribution >= 4 is 29.5 Å². The Morgan fingerprint density at radius 2 is 1.67 bits per heavy atom. The largest absolute Gasteiger partial charge is 0.468 e. The lowest BCUT2D eigenvalue weighted by atomic mass is 9.90. The highest BCUT2D eigenvalue weighted by Crippen LogP contribution is 2.29. The van der Waals surface area contributed by atoms with E-state index in [1.807, 2.05) is 32.0 Å². The average molecular weight is 715 g/mol. The molecule has 286 valence electrons. The molecule has 13 heteroatoms. The molecule has 2 aromatic rings. The third-order valence-electron chi connectivity index (χ3n) is 8.86. The number of hydrogen-bond acceptors (Lipinski definition) is 10. The van der Waals surface area contributed by atoms with Crippen LogP contribution < -0.4 is 10.6 Å². The van der Waals surface area contributed by atoms with Gasteiger partial charge in [0.25, 0.3) is 0 Å². The van der Waals surface area contributed by atoms with Gasteiger partial charge in [0.2, 0.25) is 17.7 Å². The van der Waals surface area contributed by atoms with E-state index in [0.717, 1.165) is 12.8 Å². The zero-order chi connectivity index (χ0) is 38.3. The molecular formula is C38H62N6O7. The number of esters is 1. The van der Waals surface area contributed by atoms with Crippen molar-refractivity contribution in [2.75, 3.05) is 53.3 Å². The molecule has 2 N–H and O–H groups in total. The number of carbonyl (C=O) groups excluding carboxylic acids is 4. The number of aromatic nitrogens is 2. The minimum Gasteiger partial charge on any atom is -0.468 e. The molecule has 0 radical (unpaired) electrons. The van der Waals surface area contributed by atoms with Crippen molar-refractivity contribution in [3.63, 3.8) is 0 Å². The van der Waals surface area contributed by atoms with Crippen LogP contribution >= 0.6 is 0 Å². The Balaban J connectivity index is 0.00000112. The van der Waals surface area contributed by atoms with Gasteiger partial charge in [-0.05, 0) is 25.7 Å². The summed E-state index contributed by atoms with van der Waals surface area (Å²) in [5.74, 6) is -1.27. The number of likely N-dealkylation sites (tertiary alicyclic amines) is 1. The number of nitrogens with one attached hydrogen (secondary N) is 2. The number of anilines is 1. The van der Waals surface area contributed by atoms with Gasteiger partial charge in [0.1, 0.15) is 12.4 Å². The summed E-state index contributed by atoms with van der Waals surface area (Å²) in [5, 5.41) is 5.56. The molecule has 0 bridgehead atoms. The smallest absolute Gasteiger partial charge is 0.325 e. The maximum absolute atomic E-state index is 13.7.